The molecule has 0 spiro atoms. The summed E-state index contributed by atoms with van der Waals surface area (Å²) in [5.74, 6) is -0.961. The molecular weight excluding hydrogens is 913 g/mol. The third kappa shape index (κ3) is 30.6. The number of esters is 2. The van der Waals surface area contributed by atoms with Gasteiger partial charge >= 0.3 is 11.9 Å². The van der Waals surface area contributed by atoms with E-state index in [2.05, 4.69) is 50.3 Å². The molecule has 4 unspecified atom stereocenters. The van der Waals surface area contributed by atoms with Crippen LogP contribution >= 0.6 is 0 Å². The van der Waals surface area contributed by atoms with E-state index in [1.54, 1.807) is 0 Å². The van der Waals surface area contributed by atoms with Gasteiger partial charge in [0.25, 0.3) is 0 Å². The van der Waals surface area contributed by atoms with Gasteiger partial charge in [-0.1, -0.05) is 185 Å². The van der Waals surface area contributed by atoms with Crippen molar-refractivity contribution in [3.8, 4) is 0 Å². The Kier molecular flexibility index (Phi) is 39.3. The highest BCUT2D eigenvalue weighted by molar-refractivity contribution is 5.70. The summed E-state index contributed by atoms with van der Waals surface area (Å²) in [6, 6.07) is 0. The lowest BCUT2D eigenvalue weighted by atomic mass is 9.98. The minimum Gasteiger partial charge on any atom is -0.462 e. The highest BCUT2D eigenvalue weighted by Gasteiger charge is 2.47. The zero-order chi connectivity index (χ0) is 51.7. The van der Waals surface area contributed by atoms with Crippen molar-refractivity contribution in [1.29, 1.82) is 0 Å². The molecule has 15 heteroatoms. The molecule has 2 aliphatic heterocycles. The van der Waals surface area contributed by atoms with Crippen LogP contribution in [0.25, 0.3) is 0 Å². The average molecular weight is 1010 g/mol. The second-order valence-corrected chi connectivity index (χ2v) is 19.8. The van der Waals surface area contributed by atoms with Crippen LogP contribution in [0.15, 0.2) is 36.5 Å². The van der Waals surface area contributed by atoms with E-state index in [-0.39, 0.29) is 19.4 Å². The van der Waals surface area contributed by atoms with E-state index in [9.17, 15) is 45.3 Å². The van der Waals surface area contributed by atoms with Crippen molar-refractivity contribution in [1.82, 2.24) is 0 Å². The molecule has 2 saturated heterocycles. The van der Waals surface area contributed by atoms with Crippen molar-refractivity contribution in [2.24, 2.45) is 0 Å². The van der Waals surface area contributed by atoms with Gasteiger partial charge in [-0.25, -0.2) is 0 Å². The number of allylic oxidation sites excluding steroid dienone is 6. The van der Waals surface area contributed by atoms with E-state index >= 15 is 0 Å². The third-order valence-electron chi connectivity index (χ3n) is 13.4. The molecule has 0 aromatic heterocycles. The number of aliphatic hydroxyl groups excluding tert-OH is 7. The molecule has 0 aromatic rings. The standard InChI is InChI=1S/C56H100O15/c1-3-5-7-9-11-13-15-17-19-20-21-22-23-25-26-28-30-32-34-36-38-47(58)66-41-44(69-48(59)39-37-35-33-31-29-27-24-18-16-14-12-10-8-6-4-2)42-67-55-54(65)52(63)50(61)46(71-55)43-68-56-53(64)51(62)49(60)45(40-57)70-56/h12,14,18,24,29,31,44-46,49-57,60-65H,3-11,13,15-17,19-23,25-28,30,32-43H2,1-2H3/b14-12+,24-18+,31-29+/t44-,45+,46+,49-,50-,51?,52?,53?,54?,55+,56+/m0/s1. The average Bonchev–Trinajstić information content (AvgIpc) is 3.36. The number of ether oxygens (including phenoxy) is 6. The van der Waals surface area contributed by atoms with E-state index in [1.807, 2.05) is 0 Å². The summed E-state index contributed by atoms with van der Waals surface area (Å²) >= 11 is 0. The van der Waals surface area contributed by atoms with Crippen molar-refractivity contribution in [3.05, 3.63) is 36.5 Å². The predicted octanol–water partition coefficient (Wildman–Crippen LogP) is 8.88. The van der Waals surface area contributed by atoms with E-state index in [0.29, 0.717) is 12.8 Å². The van der Waals surface area contributed by atoms with E-state index in [4.69, 9.17) is 28.4 Å². The minimum absolute atomic E-state index is 0.118. The predicted molar refractivity (Wildman–Crippen MR) is 275 cm³/mol. The fraction of sp³-hybridized carbons (Fsp3) is 0.857. The maximum atomic E-state index is 13.0. The number of hydrogen-bond acceptors (Lipinski definition) is 15. The zero-order valence-corrected chi connectivity index (χ0v) is 44.0. The molecule has 2 heterocycles. The molecule has 0 bridgehead atoms. The molecule has 0 aromatic carbocycles. The van der Waals surface area contributed by atoms with Gasteiger partial charge < -0.3 is 64.2 Å². The van der Waals surface area contributed by atoms with Gasteiger partial charge in [-0.3, -0.25) is 9.59 Å². The summed E-state index contributed by atoms with van der Waals surface area (Å²) in [4.78, 5) is 25.8. The Morgan fingerprint density at radius 1 is 0.451 bits per heavy atom. The highest BCUT2D eigenvalue weighted by atomic mass is 16.7. The lowest BCUT2D eigenvalue weighted by Crippen LogP contribution is -2.61. The Hall–Kier alpha value is -2.28. The number of rotatable bonds is 44. The van der Waals surface area contributed by atoms with E-state index in [1.165, 1.54) is 122 Å². The zero-order valence-electron chi connectivity index (χ0n) is 44.0. The molecule has 0 saturated carbocycles. The maximum absolute atomic E-state index is 13.0. The molecule has 414 valence electrons. The first-order valence-electron chi connectivity index (χ1n) is 28.1. The van der Waals surface area contributed by atoms with Crippen molar-refractivity contribution in [2.75, 3.05) is 26.4 Å². The van der Waals surface area contributed by atoms with Crippen molar-refractivity contribution >= 4 is 11.9 Å². The fourth-order valence-electron chi connectivity index (χ4n) is 8.75. The Balaban J connectivity index is 1.77. The second-order valence-electron chi connectivity index (χ2n) is 19.8. The van der Waals surface area contributed by atoms with Gasteiger partial charge in [-0.15, -0.1) is 0 Å². The van der Waals surface area contributed by atoms with Crippen LogP contribution in [0.2, 0.25) is 0 Å². The third-order valence-corrected chi connectivity index (χ3v) is 13.4. The van der Waals surface area contributed by atoms with E-state index in [0.717, 1.165) is 51.4 Å². The Morgan fingerprint density at radius 2 is 0.845 bits per heavy atom. The van der Waals surface area contributed by atoms with Crippen molar-refractivity contribution < 1.29 is 73.8 Å². The Labute approximate surface area is 427 Å². The molecule has 0 aliphatic carbocycles. The molecule has 71 heavy (non-hydrogen) atoms. The molecule has 2 fully saturated rings. The molecule has 0 radical (unpaired) electrons. The van der Waals surface area contributed by atoms with Crippen molar-refractivity contribution in [2.45, 2.75) is 280 Å². The monoisotopic (exact) mass is 1010 g/mol. The first-order valence-corrected chi connectivity index (χ1v) is 28.1. The quantitative estimate of drug-likeness (QED) is 0.0172. The van der Waals surface area contributed by atoms with Gasteiger partial charge in [0.05, 0.1) is 19.8 Å². The summed E-state index contributed by atoms with van der Waals surface area (Å²) in [5, 5.41) is 72.2. The first-order chi connectivity index (χ1) is 34.5. The fourth-order valence-corrected chi connectivity index (χ4v) is 8.75. The van der Waals surface area contributed by atoms with Crippen LogP contribution in [0.1, 0.15) is 213 Å². The molecular formula is C56H100O15. The number of carbonyl (C=O) groups excluding carboxylic acids is 2. The number of carbonyl (C=O) groups is 2. The van der Waals surface area contributed by atoms with Crippen molar-refractivity contribution in [3.63, 3.8) is 0 Å². The van der Waals surface area contributed by atoms with Crippen LogP contribution in [-0.4, -0.2) is 142 Å². The van der Waals surface area contributed by atoms with Gasteiger partial charge in [-0.05, 0) is 51.4 Å². The van der Waals surface area contributed by atoms with Gasteiger partial charge in [-0.2, -0.15) is 0 Å². The summed E-state index contributed by atoms with van der Waals surface area (Å²) in [5.41, 5.74) is 0. The Bertz CT molecular complexity index is 1380. The summed E-state index contributed by atoms with van der Waals surface area (Å²) in [6.07, 6.45) is 30.3. The SMILES string of the molecule is CCCCC/C=C/C/C=C/C/C=C/CCCCC(=O)O[C@@H](COC(=O)CCCCCCCCCCCCCCCCCCCCCC)CO[C@@H]1O[C@H](CO[C@@H]2O[C@H](CO)[C@H](O)C(O)C2O)[C@H](O)C(O)C1O. The summed E-state index contributed by atoms with van der Waals surface area (Å²) in [7, 11) is 0. The Morgan fingerprint density at radius 3 is 1.35 bits per heavy atom. The number of hydrogen-bond donors (Lipinski definition) is 7. The maximum Gasteiger partial charge on any atom is 0.306 e. The van der Waals surface area contributed by atoms with Crippen LogP contribution in [0.4, 0.5) is 0 Å². The molecule has 15 nitrogen and oxygen atoms in total. The molecule has 2 rings (SSSR count). The van der Waals surface area contributed by atoms with Crippen LogP contribution in [0.3, 0.4) is 0 Å². The van der Waals surface area contributed by atoms with Gasteiger partial charge in [0.2, 0.25) is 0 Å². The second kappa shape index (κ2) is 43.0. The molecule has 11 atom stereocenters. The smallest absolute Gasteiger partial charge is 0.306 e. The summed E-state index contributed by atoms with van der Waals surface area (Å²) < 4.78 is 33.6. The molecule has 2 aliphatic rings. The lowest BCUT2D eigenvalue weighted by molar-refractivity contribution is -0.332. The van der Waals surface area contributed by atoms with Gasteiger partial charge in [0.15, 0.2) is 18.7 Å². The first kappa shape index (κ1) is 64.8. The molecule has 0 amide bonds. The largest absolute Gasteiger partial charge is 0.462 e. The highest BCUT2D eigenvalue weighted by Crippen LogP contribution is 2.27. The summed E-state index contributed by atoms with van der Waals surface area (Å²) in [6.45, 7) is 2.55. The molecule has 7 N–H and O–H groups in total. The lowest BCUT2D eigenvalue weighted by Gasteiger charge is -2.42. The number of aliphatic hydroxyl groups is 7. The topological polar surface area (TPSA) is 231 Å². The van der Waals surface area contributed by atoms with Crippen LogP contribution < -0.4 is 0 Å². The van der Waals surface area contributed by atoms with E-state index < -0.39 is 99.3 Å². The van der Waals surface area contributed by atoms with Gasteiger partial charge in [0, 0.05) is 12.8 Å². The van der Waals surface area contributed by atoms with Crippen LogP contribution in [0.5, 0.6) is 0 Å². The number of unbranched alkanes of at least 4 members (excludes halogenated alkanes) is 24. The minimum atomic E-state index is -1.77. The normalized spacial score (nSPS) is 25.4. The van der Waals surface area contributed by atoms with Crippen LogP contribution in [0, 0.1) is 0 Å². The van der Waals surface area contributed by atoms with Gasteiger partial charge in [0.1, 0.15) is 55.4 Å². The van der Waals surface area contributed by atoms with Crippen LogP contribution in [-0.2, 0) is 38.0 Å².